The molecule has 1 amide bonds. The highest BCUT2D eigenvalue weighted by Crippen LogP contribution is 2.17. The van der Waals surface area contributed by atoms with Crippen LogP contribution < -0.4 is 5.32 Å². The molecule has 1 N–H and O–H groups in total. The molecule has 0 bridgehead atoms. The lowest BCUT2D eigenvalue weighted by Gasteiger charge is -2.09. The number of carbonyl (C=O) groups excluding carboxylic acids is 1. The summed E-state index contributed by atoms with van der Waals surface area (Å²) in [6.45, 7) is 3.98. The van der Waals surface area contributed by atoms with Crippen molar-refractivity contribution in [3.05, 3.63) is 17.0 Å². The van der Waals surface area contributed by atoms with E-state index in [1.165, 1.54) is 0 Å². The third-order valence-corrected chi connectivity index (χ3v) is 5.27. The largest absolute Gasteiger partial charge is 0.361 e. The summed E-state index contributed by atoms with van der Waals surface area (Å²) in [5.74, 6) is 0.976. The van der Waals surface area contributed by atoms with Crippen LogP contribution in [0.5, 0.6) is 0 Å². The summed E-state index contributed by atoms with van der Waals surface area (Å²) < 4.78 is 27.6. The fraction of sp³-hybridized carbons (Fsp3) is 0.667. The van der Waals surface area contributed by atoms with Crippen molar-refractivity contribution >= 4 is 15.7 Å². The molecule has 1 aromatic rings. The molecule has 19 heavy (non-hydrogen) atoms. The Labute approximate surface area is 112 Å². The summed E-state index contributed by atoms with van der Waals surface area (Å²) in [5.41, 5.74) is 1.52. The summed E-state index contributed by atoms with van der Waals surface area (Å²) in [6.07, 6.45) is 0.856. The third-order valence-electron chi connectivity index (χ3n) is 3.43. The number of aryl methyl sites for hydroxylation is 2. The van der Waals surface area contributed by atoms with Gasteiger partial charge in [-0.05, 0) is 26.2 Å². The average Bonchev–Trinajstić information content (AvgIpc) is 2.83. The molecule has 2 heterocycles. The van der Waals surface area contributed by atoms with Crippen LogP contribution in [0.2, 0.25) is 0 Å². The van der Waals surface area contributed by atoms with Crippen molar-refractivity contribution in [1.82, 2.24) is 10.5 Å². The van der Waals surface area contributed by atoms with Gasteiger partial charge in [-0.3, -0.25) is 4.79 Å². The van der Waals surface area contributed by atoms with Crippen LogP contribution in [-0.4, -0.2) is 37.5 Å². The van der Waals surface area contributed by atoms with Crippen molar-refractivity contribution in [2.45, 2.75) is 26.7 Å². The van der Waals surface area contributed by atoms with E-state index in [0.717, 1.165) is 11.3 Å². The van der Waals surface area contributed by atoms with E-state index in [1.54, 1.807) is 13.8 Å². The predicted molar refractivity (Wildman–Crippen MR) is 69.5 cm³/mol. The molecular weight excluding hydrogens is 268 g/mol. The highest BCUT2D eigenvalue weighted by Gasteiger charge is 2.28. The zero-order chi connectivity index (χ0) is 14.0. The lowest BCUT2D eigenvalue weighted by molar-refractivity contribution is -0.120. The number of amides is 1. The number of aromatic nitrogens is 1. The van der Waals surface area contributed by atoms with Gasteiger partial charge in [0.25, 0.3) is 0 Å². The number of rotatable bonds is 4. The number of sulfone groups is 1. The highest BCUT2D eigenvalue weighted by atomic mass is 32.2. The van der Waals surface area contributed by atoms with E-state index in [0.29, 0.717) is 18.7 Å². The normalized spacial score (nSPS) is 21.5. The molecule has 0 aliphatic carbocycles. The first kappa shape index (κ1) is 14.0. The van der Waals surface area contributed by atoms with Crippen LogP contribution in [0.25, 0.3) is 0 Å². The summed E-state index contributed by atoms with van der Waals surface area (Å²) in [6, 6.07) is 0. The summed E-state index contributed by atoms with van der Waals surface area (Å²) in [5, 5.41) is 6.57. The molecule has 106 valence electrons. The molecule has 1 atom stereocenters. The lowest BCUT2D eigenvalue weighted by atomic mass is 10.1. The molecular formula is C12H18N2O4S. The maximum absolute atomic E-state index is 11.8. The minimum atomic E-state index is -2.88. The first-order valence-corrected chi connectivity index (χ1v) is 8.08. The van der Waals surface area contributed by atoms with Gasteiger partial charge in [-0.15, -0.1) is 0 Å². The molecule has 7 heteroatoms. The summed E-state index contributed by atoms with van der Waals surface area (Å²) in [4.78, 5) is 11.8. The second-order valence-corrected chi connectivity index (χ2v) is 7.28. The van der Waals surface area contributed by atoms with E-state index in [9.17, 15) is 13.2 Å². The molecule has 0 aromatic carbocycles. The zero-order valence-corrected chi connectivity index (χ0v) is 11.9. The fourth-order valence-corrected chi connectivity index (χ4v) is 4.13. The molecule has 1 saturated heterocycles. The van der Waals surface area contributed by atoms with Gasteiger partial charge in [0.2, 0.25) is 5.91 Å². The number of nitrogens with zero attached hydrogens (tertiary/aromatic N) is 1. The Morgan fingerprint density at radius 3 is 2.74 bits per heavy atom. The SMILES string of the molecule is Cc1noc(C)c1CC(=O)NCC1CCS(=O)(=O)C1. The quantitative estimate of drug-likeness (QED) is 0.864. The van der Waals surface area contributed by atoms with Gasteiger partial charge < -0.3 is 9.84 Å². The van der Waals surface area contributed by atoms with Crippen molar-refractivity contribution in [2.75, 3.05) is 18.1 Å². The Morgan fingerprint density at radius 1 is 1.47 bits per heavy atom. The van der Waals surface area contributed by atoms with E-state index >= 15 is 0 Å². The van der Waals surface area contributed by atoms with Crippen LogP contribution in [0, 0.1) is 19.8 Å². The van der Waals surface area contributed by atoms with Gasteiger partial charge in [0.15, 0.2) is 9.84 Å². The van der Waals surface area contributed by atoms with Gasteiger partial charge in [0.1, 0.15) is 5.76 Å². The number of hydrogen-bond acceptors (Lipinski definition) is 5. The van der Waals surface area contributed by atoms with E-state index in [2.05, 4.69) is 10.5 Å². The lowest BCUT2D eigenvalue weighted by Crippen LogP contribution is -2.31. The molecule has 1 aliphatic heterocycles. The fourth-order valence-electron chi connectivity index (χ4n) is 2.27. The highest BCUT2D eigenvalue weighted by molar-refractivity contribution is 7.91. The second kappa shape index (κ2) is 5.32. The Balaban J connectivity index is 1.83. The van der Waals surface area contributed by atoms with E-state index in [-0.39, 0.29) is 29.8 Å². The van der Waals surface area contributed by atoms with Crippen molar-refractivity contribution in [3.63, 3.8) is 0 Å². The molecule has 0 radical (unpaired) electrons. The van der Waals surface area contributed by atoms with Gasteiger partial charge in [-0.25, -0.2) is 8.42 Å². The monoisotopic (exact) mass is 286 g/mol. The van der Waals surface area contributed by atoms with Gasteiger partial charge in [0.05, 0.1) is 23.6 Å². The Bertz CT molecular complexity index is 557. The topological polar surface area (TPSA) is 89.3 Å². The molecule has 0 spiro atoms. The van der Waals surface area contributed by atoms with Crippen LogP contribution in [0.4, 0.5) is 0 Å². The predicted octanol–water partition coefficient (Wildman–Crippen LogP) is 0.385. The molecule has 2 rings (SSSR count). The summed E-state index contributed by atoms with van der Waals surface area (Å²) >= 11 is 0. The first-order valence-electron chi connectivity index (χ1n) is 6.26. The van der Waals surface area contributed by atoms with E-state index in [1.807, 2.05) is 0 Å². The van der Waals surface area contributed by atoms with Crippen LogP contribution >= 0.6 is 0 Å². The van der Waals surface area contributed by atoms with Gasteiger partial charge in [-0.1, -0.05) is 5.16 Å². The first-order chi connectivity index (χ1) is 8.87. The molecule has 1 aromatic heterocycles. The van der Waals surface area contributed by atoms with Crippen LogP contribution in [0.15, 0.2) is 4.52 Å². The molecule has 1 fully saturated rings. The zero-order valence-electron chi connectivity index (χ0n) is 11.1. The molecule has 0 saturated carbocycles. The van der Waals surface area contributed by atoms with Gasteiger partial charge in [0, 0.05) is 12.1 Å². The van der Waals surface area contributed by atoms with Crippen molar-refractivity contribution in [1.29, 1.82) is 0 Å². The standard InChI is InChI=1S/C12H18N2O4S/c1-8-11(9(2)18-14-8)5-12(15)13-6-10-3-4-19(16,17)7-10/h10H,3-7H2,1-2H3,(H,13,15). The van der Waals surface area contributed by atoms with Crippen molar-refractivity contribution in [3.8, 4) is 0 Å². The van der Waals surface area contributed by atoms with Crippen molar-refractivity contribution < 1.29 is 17.7 Å². The Morgan fingerprint density at radius 2 is 2.21 bits per heavy atom. The van der Waals surface area contributed by atoms with Crippen LogP contribution in [0.1, 0.15) is 23.4 Å². The minimum absolute atomic E-state index is 0.0404. The smallest absolute Gasteiger partial charge is 0.224 e. The van der Waals surface area contributed by atoms with Gasteiger partial charge >= 0.3 is 0 Å². The van der Waals surface area contributed by atoms with E-state index in [4.69, 9.17) is 4.52 Å². The number of hydrogen-bond donors (Lipinski definition) is 1. The average molecular weight is 286 g/mol. The van der Waals surface area contributed by atoms with Gasteiger partial charge in [-0.2, -0.15) is 0 Å². The molecule has 1 unspecified atom stereocenters. The molecule has 6 nitrogen and oxygen atoms in total. The van der Waals surface area contributed by atoms with Crippen molar-refractivity contribution in [2.24, 2.45) is 5.92 Å². The number of nitrogens with one attached hydrogen (secondary N) is 1. The van der Waals surface area contributed by atoms with Crippen LogP contribution in [0.3, 0.4) is 0 Å². The second-order valence-electron chi connectivity index (χ2n) is 5.05. The maximum Gasteiger partial charge on any atom is 0.224 e. The minimum Gasteiger partial charge on any atom is -0.361 e. The third kappa shape index (κ3) is 3.56. The maximum atomic E-state index is 11.8. The number of carbonyl (C=O) groups is 1. The molecule has 1 aliphatic rings. The Hall–Kier alpha value is -1.37. The summed E-state index contributed by atoms with van der Waals surface area (Å²) in [7, 11) is -2.88. The van der Waals surface area contributed by atoms with E-state index < -0.39 is 9.84 Å². The Kier molecular flexibility index (Phi) is 3.93. The van der Waals surface area contributed by atoms with Crippen LogP contribution in [-0.2, 0) is 21.1 Å².